The molecule has 0 aromatic rings. The zero-order valence-electron chi connectivity index (χ0n) is 15.7. The predicted molar refractivity (Wildman–Crippen MR) is 90.7 cm³/mol. The zero-order chi connectivity index (χ0) is 17.3. The highest BCUT2D eigenvalue weighted by atomic mass is 16.5. The first-order valence-electron chi connectivity index (χ1n) is 8.66. The van der Waals surface area contributed by atoms with Gasteiger partial charge in [0, 0.05) is 23.0 Å². The standard InChI is InChI=1S/C18H36N2O2/c1-12(2)9-15(13(3)4)16(21)19-14-10-17(5,6)20(22)18(7,8)11-14/h12-15,22H,9-11H2,1-8H3,(H,19,21). The second-order valence-corrected chi connectivity index (χ2v) is 9.03. The van der Waals surface area contributed by atoms with Gasteiger partial charge in [0.05, 0.1) is 0 Å². The van der Waals surface area contributed by atoms with Gasteiger partial charge >= 0.3 is 0 Å². The molecule has 1 saturated heterocycles. The first-order chi connectivity index (χ1) is 9.86. The summed E-state index contributed by atoms with van der Waals surface area (Å²) < 4.78 is 0. The third kappa shape index (κ3) is 4.69. The molecule has 0 spiro atoms. The van der Waals surface area contributed by atoms with E-state index >= 15 is 0 Å². The highest BCUT2D eigenvalue weighted by molar-refractivity contribution is 5.79. The average Bonchev–Trinajstić information content (AvgIpc) is 2.31. The molecule has 22 heavy (non-hydrogen) atoms. The van der Waals surface area contributed by atoms with E-state index in [1.165, 1.54) is 5.06 Å². The maximum atomic E-state index is 12.7. The van der Waals surface area contributed by atoms with Crippen LogP contribution in [-0.4, -0.2) is 33.3 Å². The van der Waals surface area contributed by atoms with Crippen LogP contribution in [0.5, 0.6) is 0 Å². The second-order valence-electron chi connectivity index (χ2n) is 9.03. The first-order valence-corrected chi connectivity index (χ1v) is 8.66. The topological polar surface area (TPSA) is 52.6 Å². The summed E-state index contributed by atoms with van der Waals surface area (Å²) in [4.78, 5) is 12.7. The number of nitrogens with one attached hydrogen (secondary N) is 1. The van der Waals surface area contributed by atoms with Gasteiger partial charge in [-0.25, -0.2) is 0 Å². The Labute approximate surface area is 136 Å². The zero-order valence-corrected chi connectivity index (χ0v) is 15.7. The van der Waals surface area contributed by atoms with Gasteiger partial charge in [0.15, 0.2) is 0 Å². The van der Waals surface area contributed by atoms with E-state index in [0.717, 1.165) is 19.3 Å². The average molecular weight is 312 g/mol. The van der Waals surface area contributed by atoms with Gasteiger partial charge in [-0.2, -0.15) is 5.06 Å². The highest BCUT2D eigenvalue weighted by Gasteiger charge is 2.45. The van der Waals surface area contributed by atoms with Crippen molar-refractivity contribution < 1.29 is 10.0 Å². The number of amides is 1. The fourth-order valence-electron chi connectivity index (χ4n) is 3.87. The monoisotopic (exact) mass is 312 g/mol. The molecule has 0 aromatic heterocycles. The van der Waals surface area contributed by atoms with Crippen LogP contribution in [-0.2, 0) is 4.79 Å². The lowest BCUT2D eigenvalue weighted by Gasteiger charge is -2.51. The third-order valence-electron chi connectivity index (χ3n) is 4.85. The Hall–Kier alpha value is -0.610. The van der Waals surface area contributed by atoms with E-state index in [-0.39, 0.29) is 28.9 Å². The van der Waals surface area contributed by atoms with Gasteiger partial charge < -0.3 is 10.5 Å². The van der Waals surface area contributed by atoms with Crippen molar-refractivity contribution in [1.29, 1.82) is 0 Å². The minimum Gasteiger partial charge on any atom is -0.353 e. The number of carbonyl (C=O) groups is 1. The second kappa shape index (κ2) is 6.88. The molecule has 1 amide bonds. The van der Waals surface area contributed by atoms with Crippen molar-refractivity contribution in [3.63, 3.8) is 0 Å². The van der Waals surface area contributed by atoms with Gasteiger partial charge in [0.2, 0.25) is 5.91 Å². The van der Waals surface area contributed by atoms with Crippen LogP contribution in [0, 0.1) is 17.8 Å². The smallest absolute Gasteiger partial charge is 0.223 e. The number of hydrogen-bond donors (Lipinski definition) is 2. The number of piperidine rings is 1. The number of hydroxylamine groups is 2. The number of nitrogens with zero attached hydrogens (tertiary/aromatic N) is 1. The Bertz CT molecular complexity index is 371. The summed E-state index contributed by atoms with van der Waals surface area (Å²) in [5.74, 6) is 1.11. The Morgan fingerprint density at radius 2 is 1.59 bits per heavy atom. The molecule has 2 N–H and O–H groups in total. The van der Waals surface area contributed by atoms with E-state index in [2.05, 4.69) is 33.0 Å². The van der Waals surface area contributed by atoms with Gasteiger partial charge in [-0.05, 0) is 58.8 Å². The molecule has 1 fully saturated rings. The molecule has 1 atom stereocenters. The van der Waals surface area contributed by atoms with Crippen molar-refractivity contribution in [2.45, 2.75) is 91.8 Å². The summed E-state index contributed by atoms with van der Waals surface area (Å²) >= 11 is 0. The molecule has 4 nitrogen and oxygen atoms in total. The Kier molecular flexibility index (Phi) is 6.07. The van der Waals surface area contributed by atoms with E-state index in [1.807, 2.05) is 27.7 Å². The van der Waals surface area contributed by atoms with Crippen LogP contribution in [0.4, 0.5) is 0 Å². The van der Waals surface area contributed by atoms with Crippen molar-refractivity contribution in [1.82, 2.24) is 10.4 Å². The van der Waals surface area contributed by atoms with Gasteiger partial charge in [0.25, 0.3) is 0 Å². The summed E-state index contributed by atoms with van der Waals surface area (Å²) in [6.45, 7) is 16.7. The van der Waals surface area contributed by atoms with E-state index in [0.29, 0.717) is 11.8 Å². The van der Waals surface area contributed by atoms with Crippen molar-refractivity contribution >= 4 is 5.91 Å². The van der Waals surface area contributed by atoms with Crippen LogP contribution < -0.4 is 5.32 Å². The van der Waals surface area contributed by atoms with E-state index in [4.69, 9.17) is 0 Å². The first kappa shape index (κ1) is 19.4. The molecule has 0 aliphatic carbocycles. The normalized spacial score (nSPS) is 23.8. The number of hydrogen-bond acceptors (Lipinski definition) is 3. The molecular formula is C18H36N2O2. The molecule has 1 aliphatic heterocycles. The summed E-state index contributed by atoms with van der Waals surface area (Å²) in [7, 11) is 0. The molecule has 130 valence electrons. The molecule has 1 heterocycles. The van der Waals surface area contributed by atoms with Crippen LogP contribution in [0.1, 0.15) is 74.7 Å². The largest absolute Gasteiger partial charge is 0.353 e. The van der Waals surface area contributed by atoms with Crippen LogP contribution in [0.2, 0.25) is 0 Å². The van der Waals surface area contributed by atoms with Crippen LogP contribution in [0.25, 0.3) is 0 Å². The highest BCUT2D eigenvalue weighted by Crippen LogP contribution is 2.37. The van der Waals surface area contributed by atoms with Gasteiger partial charge in [-0.1, -0.05) is 27.7 Å². The predicted octanol–water partition coefficient (Wildman–Crippen LogP) is 3.83. The van der Waals surface area contributed by atoms with Crippen LogP contribution in [0.15, 0.2) is 0 Å². The maximum Gasteiger partial charge on any atom is 0.223 e. The van der Waals surface area contributed by atoms with E-state index in [9.17, 15) is 10.0 Å². The molecule has 0 saturated carbocycles. The summed E-state index contributed by atoms with van der Waals surface area (Å²) in [6, 6.07) is 0.120. The summed E-state index contributed by atoms with van der Waals surface area (Å²) in [5.41, 5.74) is -0.657. The number of rotatable bonds is 5. The molecule has 0 radical (unpaired) electrons. The molecule has 1 rings (SSSR count). The fourth-order valence-corrected chi connectivity index (χ4v) is 3.87. The minimum absolute atomic E-state index is 0.0679. The van der Waals surface area contributed by atoms with Crippen molar-refractivity contribution in [2.24, 2.45) is 17.8 Å². The van der Waals surface area contributed by atoms with Crippen molar-refractivity contribution in [3.05, 3.63) is 0 Å². The molecule has 4 heteroatoms. The van der Waals surface area contributed by atoms with Gasteiger partial charge in [-0.15, -0.1) is 0 Å². The molecule has 0 aromatic carbocycles. The van der Waals surface area contributed by atoms with Gasteiger partial charge in [-0.3, -0.25) is 4.79 Å². The Morgan fingerprint density at radius 3 is 1.95 bits per heavy atom. The minimum atomic E-state index is -0.328. The molecule has 1 unspecified atom stereocenters. The quantitative estimate of drug-likeness (QED) is 0.811. The lowest BCUT2D eigenvalue weighted by atomic mass is 9.78. The van der Waals surface area contributed by atoms with E-state index < -0.39 is 0 Å². The lowest BCUT2D eigenvalue weighted by Crippen LogP contribution is -2.63. The molecule has 0 bridgehead atoms. The van der Waals surface area contributed by atoms with Gasteiger partial charge in [0.1, 0.15) is 0 Å². The van der Waals surface area contributed by atoms with Crippen LogP contribution >= 0.6 is 0 Å². The molecular weight excluding hydrogens is 276 g/mol. The molecule has 1 aliphatic rings. The lowest BCUT2D eigenvalue weighted by molar-refractivity contribution is -0.246. The van der Waals surface area contributed by atoms with Crippen LogP contribution in [0.3, 0.4) is 0 Å². The number of carbonyl (C=O) groups excluding carboxylic acids is 1. The van der Waals surface area contributed by atoms with Crippen molar-refractivity contribution in [3.8, 4) is 0 Å². The summed E-state index contributed by atoms with van der Waals surface area (Å²) in [5, 5.41) is 15.1. The summed E-state index contributed by atoms with van der Waals surface area (Å²) in [6.07, 6.45) is 2.46. The third-order valence-corrected chi connectivity index (χ3v) is 4.85. The van der Waals surface area contributed by atoms with Crippen molar-refractivity contribution in [2.75, 3.05) is 0 Å². The maximum absolute atomic E-state index is 12.7. The Morgan fingerprint density at radius 1 is 1.14 bits per heavy atom. The van der Waals surface area contributed by atoms with E-state index in [1.54, 1.807) is 0 Å². The SMILES string of the molecule is CC(C)CC(C(=O)NC1CC(C)(C)N(O)C(C)(C)C1)C(C)C. The fraction of sp³-hybridized carbons (Fsp3) is 0.944. The Balaban J connectivity index is 2.79.